The maximum atomic E-state index is 13.3. The maximum Gasteiger partial charge on any atom is 0.343 e. The highest BCUT2D eigenvalue weighted by Gasteiger charge is 2.39. The number of carbonyl (C=O) groups excluding carboxylic acids is 2. The van der Waals surface area contributed by atoms with E-state index in [-0.39, 0.29) is 22.4 Å². The lowest BCUT2D eigenvalue weighted by molar-refractivity contribution is -0.118. The molecule has 0 bridgehead atoms. The molecule has 0 saturated carbocycles. The van der Waals surface area contributed by atoms with Gasteiger partial charge in [-0.25, -0.2) is 4.79 Å². The van der Waals surface area contributed by atoms with Crippen LogP contribution in [0.2, 0.25) is 0 Å². The summed E-state index contributed by atoms with van der Waals surface area (Å²) in [5.74, 6) is 0.292. The molecule has 0 spiro atoms. The molecule has 1 aliphatic heterocycles. The predicted octanol–water partition coefficient (Wildman–Crippen LogP) is 7.12. The lowest BCUT2D eigenvalue weighted by Crippen LogP contribution is -2.29. The number of aryl methyl sites for hydroxylation is 1. The van der Waals surface area contributed by atoms with Crippen LogP contribution in [-0.4, -0.2) is 11.8 Å². The summed E-state index contributed by atoms with van der Waals surface area (Å²) >= 11 is 1.69. The molecule has 5 heteroatoms. The Bertz CT molecular complexity index is 1290. The first kappa shape index (κ1) is 22.5. The minimum atomic E-state index is -0.385. The monoisotopic (exact) mass is 469 g/mol. The van der Waals surface area contributed by atoms with E-state index in [4.69, 9.17) is 4.74 Å². The van der Waals surface area contributed by atoms with E-state index in [1.807, 2.05) is 55.5 Å². The second-order valence-electron chi connectivity index (χ2n) is 9.78. The minimum Gasteiger partial charge on any atom is -0.423 e. The van der Waals surface area contributed by atoms with E-state index in [2.05, 4.69) is 31.3 Å². The van der Waals surface area contributed by atoms with Gasteiger partial charge < -0.3 is 10.1 Å². The van der Waals surface area contributed by atoms with Crippen molar-refractivity contribution >= 4 is 29.2 Å². The van der Waals surface area contributed by atoms with Gasteiger partial charge in [-0.1, -0.05) is 55.8 Å². The molecule has 1 N–H and O–H groups in total. The number of hydrogen-bond acceptors (Lipinski definition) is 5. The summed E-state index contributed by atoms with van der Waals surface area (Å²) < 4.78 is 5.58. The number of esters is 1. The van der Waals surface area contributed by atoms with Gasteiger partial charge in [-0.2, -0.15) is 0 Å². The van der Waals surface area contributed by atoms with E-state index in [1.54, 1.807) is 23.9 Å². The third-order valence-corrected chi connectivity index (χ3v) is 7.63. The van der Waals surface area contributed by atoms with Crippen LogP contribution in [0, 0.1) is 12.3 Å². The summed E-state index contributed by atoms with van der Waals surface area (Å²) in [4.78, 5) is 27.0. The number of anilines is 1. The van der Waals surface area contributed by atoms with Gasteiger partial charge in [0.2, 0.25) is 0 Å². The first-order valence-corrected chi connectivity index (χ1v) is 12.3. The van der Waals surface area contributed by atoms with Crippen molar-refractivity contribution < 1.29 is 14.3 Å². The van der Waals surface area contributed by atoms with Gasteiger partial charge in [0.1, 0.15) is 5.75 Å². The molecule has 1 aliphatic carbocycles. The van der Waals surface area contributed by atoms with Crippen LogP contribution in [0.4, 0.5) is 5.69 Å². The SMILES string of the molecule is Cc1ccc(C(=O)Oc2ccc(C3Sc4ccccc4NC4=C3C(=O)CC(C)(C)C4)cc2)cc1. The number of hydrogen-bond donors (Lipinski definition) is 1. The smallest absolute Gasteiger partial charge is 0.343 e. The number of para-hydroxylation sites is 1. The van der Waals surface area contributed by atoms with Crippen molar-refractivity contribution in [2.24, 2.45) is 5.41 Å². The van der Waals surface area contributed by atoms with Crippen LogP contribution in [0.3, 0.4) is 0 Å². The van der Waals surface area contributed by atoms with Gasteiger partial charge in [0.15, 0.2) is 5.78 Å². The van der Waals surface area contributed by atoms with Crippen LogP contribution in [0.15, 0.2) is 89.0 Å². The standard InChI is InChI=1S/C29H27NO3S/c1-18-8-10-20(11-9-18)28(32)33-21-14-12-19(13-15-21)27-26-23(16-29(2,3)17-24(26)31)30-22-6-4-5-7-25(22)34-27/h4-15,27,30H,16-17H2,1-3H3. The molecule has 1 unspecified atom stereocenters. The second kappa shape index (κ2) is 8.80. The summed E-state index contributed by atoms with van der Waals surface area (Å²) in [6.45, 7) is 6.27. The molecule has 0 radical (unpaired) electrons. The highest BCUT2D eigenvalue weighted by molar-refractivity contribution is 8.00. The van der Waals surface area contributed by atoms with Crippen LogP contribution < -0.4 is 10.1 Å². The van der Waals surface area contributed by atoms with Crippen molar-refractivity contribution in [1.29, 1.82) is 0 Å². The predicted molar refractivity (Wildman–Crippen MR) is 136 cm³/mol. The molecule has 4 nitrogen and oxygen atoms in total. The number of ketones is 1. The number of benzene rings is 3. The van der Waals surface area contributed by atoms with Crippen molar-refractivity contribution in [1.82, 2.24) is 0 Å². The molecule has 0 saturated heterocycles. The Morgan fingerprint density at radius 2 is 1.68 bits per heavy atom. The quantitative estimate of drug-likeness (QED) is 0.327. The van der Waals surface area contributed by atoms with Gasteiger partial charge in [-0.15, -0.1) is 11.8 Å². The molecule has 3 aromatic rings. The summed E-state index contributed by atoms with van der Waals surface area (Å²) in [7, 11) is 0. The average molecular weight is 470 g/mol. The van der Waals surface area contributed by atoms with Crippen LogP contribution >= 0.6 is 11.8 Å². The number of nitrogens with one attached hydrogen (secondary N) is 1. The van der Waals surface area contributed by atoms with E-state index in [9.17, 15) is 9.59 Å². The van der Waals surface area contributed by atoms with Gasteiger partial charge in [0.25, 0.3) is 0 Å². The summed E-state index contributed by atoms with van der Waals surface area (Å²) in [5, 5.41) is 3.45. The Labute approximate surface area is 204 Å². The fourth-order valence-electron chi connectivity index (χ4n) is 4.57. The summed E-state index contributed by atoms with van der Waals surface area (Å²) in [6.07, 6.45) is 1.36. The zero-order chi connectivity index (χ0) is 23.9. The fourth-order valence-corrected chi connectivity index (χ4v) is 5.91. The zero-order valence-corrected chi connectivity index (χ0v) is 20.4. The highest BCUT2D eigenvalue weighted by atomic mass is 32.2. The van der Waals surface area contributed by atoms with E-state index in [1.165, 1.54) is 0 Å². The molecule has 0 fully saturated rings. The van der Waals surface area contributed by atoms with Gasteiger partial charge >= 0.3 is 5.97 Å². The second-order valence-corrected chi connectivity index (χ2v) is 10.9. The highest BCUT2D eigenvalue weighted by Crippen LogP contribution is 2.52. The molecule has 1 heterocycles. The van der Waals surface area contributed by atoms with Crippen LogP contribution in [0.5, 0.6) is 5.75 Å². The summed E-state index contributed by atoms with van der Waals surface area (Å²) in [6, 6.07) is 23.0. The molecule has 3 aromatic carbocycles. The first-order chi connectivity index (χ1) is 16.3. The van der Waals surface area contributed by atoms with Crippen molar-refractivity contribution in [3.63, 3.8) is 0 Å². The lowest BCUT2D eigenvalue weighted by Gasteiger charge is -2.33. The number of thioether (sulfide) groups is 1. The van der Waals surface area contributed by atoms with Crippen LogP contribution in [0.25, 0.3) is 0 Å². The largest absolute Gasteiger partial charge is 0.423 e. The molecule has 2 aliphatic rings. The molecule has 0 amide bonds. The number of carbonyl (C=O) groups is 2. The average Bonchev–Trinajstić information content (AvgIpc) is 2.95. The molecule has 172 valence electrons. The van der Waals surface area contributed by atoms with E-state index in [0.717, 1.165) is 39.4 Å². The van der Waals surface area contributed by atoms with Crippen LogP contribution in [0.1, 0.15) is 53.4 Å². The minimum absolute atomic E-state index is 0.0779. The van der Waals surface area contributed by atoms with Gasteiger partial charge in [0.05, 0.1) is 16.5 Å². The van der Waals surface area contributed by atoms with Crippen molar-refractivity contribution in [2.75, 3.05) is 5.32 Å². The number of Topliss-reactive ketones (excluding diaryl/α,β-unsaturated/α-hetero) is 1. The Morgan fingerprint density at radius 1 is 0.971 bits per heavy atom. The topological polar surface area (TPSA) is 55.4 Å². The first-order valence-electron chi connectivity index (χ1n) is 11.5. The van der Waals surface area contributed by atoms with E-state index in [0.29, 0.717) is 17.7 Å². The van der Waals surface area contributed by atoms with E-state index >= 15 is 0 Å². The van der Waals surface area contributed by atoms with Crippen molar-refractivity contribution in [3.8, 4) is 5.75 Å². The maximum absolute atomic E-state index is 13.3. The normalized spacial score (nSPS) is 18.9. The van der Waals surface area contributed by atoms with Gasteiger partial charge in [-0.3, -0.25) is 4.79 Å². The lowest BCUT2D eigenvalue weighted by atomic mass is 9.74. The third kappa shape index (κ3) is 4.53. The van der Waals surface area contributed by atoms with Crippen LogP contribution in [-0.2, 0) is 4.79 Å². The Hall–Kier alpha value is -3.31. The van der Waals surface area contributed by atoms with Gasteiger partial charge in [-0.05, 0) is 60.7 Å². The molecular formula is C29H27NO3S. The summed E-state index contributed by atoms with van der Waals surface area (Å²) in [5.41, 5.74) is 5.44. The van der Waals surface area contributed by atoms with Crippen molar-refractivity contribution in [3.05, 3.63) is 101 Å². The Morgan fingerprint density at radius 3 is 2.41 bits per heavy atom. The van der Waals surface area contributed by atoms with Gasteiger partial charge in [0, 0.05) is 22.6 Å². The number of ether oxygens (including phenoxy) is 1. The van der Waals surface area contributed by atoms with E-state index < -0.39 is 0 Å². The fraction of sp³-hybridized carbons (Fsp3) is 0.241. The third-order valence-electron chi connectivity index (χ3n) is 6.28. The number of fused-ring (bicyclic) bond motifs is 1. The zero-order valence-electron chi connectivity index (χ0n) is 19.6. The number of rotatable bonds is 3. The molecule has 5 rings (SSSR count). The Balaban J connectivity index is 1.46. The number of allylic oxidation sites excluding steroid dienone is 1. The molecular weight excluding hydrogens is 442 g/mol. The van der Waals surface area contributed by atoms with Crippen molar-refractivity contribution in [2.45, 2.75) is 43.8 Å². The molecule has 34 heavy (non-hydrogen) atoms. The Kier molecular flexibility index (Phi) is 5.82. The molecule has 0 aromatic heterocycles. The molecule has 1 atom stereocenters.